The summed E-state index contributed by atoms with van der Waals surface area (Å²) in [5, 5.41) is 4.12. The second kappa shape index (κ2) is 4.92. The van der Waals surface area contributed by atoms with Crippen molar-refractivity contribution in [1.29, 1.82) is 0 Å². The monoisotopic (exact) mass is 225 g/mol. The lowest BCUT2D eigenvalue weighted by atomic mass is 10.1. The number of rotatable bonds is 2. The molecule has 0 spiro atoms. The molecule has 0 unspecified atom stereocenters. The van der Waals surface area contributed by atoms with Crippen molar-refractivity contribution in [1.82, 2.24) is 15.2 Å². The van der Waals surface area contributed by atoms with Gasteiger partial charge in [0.25, 0.3) is 0 Å². The molecule has 0 saturated carbocycles. The fourth-order valence-electron chi connectivity index (χ4n) is 1.99. The number of piperazine rings is 1. The van der Waals surface area contributed by atoms with Gasteiger partial charge in [0.2, 0.25) is 0 Å². The van der Waals surface area contributed by atoms with Crippen LogP contribution in [0.5, 0.6) is 0 Å². The van der Waals surface area contributed by atoms with Crippen molar-refractivity contribution in [2.75, 3.05) is 26.2 Å². The number of hydrogen-bond acceptors (Lipinski definition) is 3. The topological polar surface area (TPSA) is 28.2 Å². The average molecular weight is 226 g/mol. The van der Waals surface area contributed by atoms with Crippen LogP contribution in [0.1, 0.15) is 18.5 Å². The van der Waals surface area contributed by atoms with Gasteiger partial charge < -0.3 is 5.32 Å². The third-order valence-electron chi connectivity index (χ3n) is 2.95. The summed E-state index contributed by atoms with van der Waals surface area (Å²) in [6, 6.07) is 2.39. The van der Waals surface area contributed by atoms with Gasteiger partial charge in [-0.15, -0.1) is 0 Å². The lowest BCUT2D eigenvalue weighted by Gasteiger charge is -2.33. The van der Waals surface area contributed by atoms with Gasteiger partial charge in [0, 0.05) is 44.6 Å². The molecule has 0 aliphatic carbocycles. The van der Waals surface area contributed by atoms with Crippen LogP contribution in [-0.2, 0) is 0 Å². The van der Waals surface area contributed by atoms with Crippen molar-refractivity contribution in [3.05, 3.63) is 29.0 Å². The smallest absolute Gasteiger partial charge is 0.0637 e. The highest BCUT2D eigenvalue weighted by molar-refractivity contribution is 6.31. The van der Waals surface area contributed by atoms with Crippen molar-refractivity contribution in [2.24, 2.45) is 0 Å². The van der Waals surface area contributed by atoms with E-state index in [1.165, 1.54) is 5.56 Å². The standard InChI is InChI=1S/C11H16ClN3/c1-9(15-6-4-13-5-7-15)10-2-3-14-8-11(10)12/h2-3,8-9,13H,4-7H2,1H3/t9-/m1/s1. The van der Waals surface area contributed by atoms with E-state index in [4.69, 9.17) is 11.6 Å². The molecule has 2 heterocycles. The van der Waals surface area contributed by atoms with Gasteiger partial charge in [0.1, 0.15) is 0 Å². The average Bonchev–Trinajstić information content (AvgIpc) is 2.30. The molecule has 0 aromatic carbocycles. The SMILES string of the molecule is C[C@H](c1ccncc1Cl)N1CCNCC1. The van der Waals surface area contributed by atoms with Gasteiger partial charge in [-0.1, -0.05) is 11.6 Å². The second-order valence-corrected chi connectivity index (χ2v) is 4.27. The maximum atomic E-state index is 6.13. The number of nitrogens with one attached hydrogen (secondary N) is 1. The Balaban J connectivity index is 2.12. The Morgan fingerprint density at radius 3 is 2.87 bits per heavy atom. The van der Waals surface area contributed by atoms with Gasteiger partial charge in [-0.25, -0.2) is 0 Å². The normalized spacial score (nSPS) is 20.1. The first-order valence-electron chi connectivity index (χ1n) is 5.33. The third kappa shape index (κ3) is 2.48. The van der Waals surface area contributed by atoms with Crippen molar-refractivity contribution in [3.63, 3.8) is 0 Å². The summed E-state index contributed by atoms with van der Waals surface area (Å²) in [7, 11) is 0. The molecular weight excluding hydrogens is 210 g/mol. The summed E-state index contributed by atoms with van der Waals surface area (Å²) in [6.45, 7) is 6.49. The molecule has 0 radical (unpaired) electrons. The Labute approximate surface area is 95.4 Å². The Kier molecular flexibility index (Phi) is 3.57. The van der Waals surface area contributed by atoms with Crippen LogP contribution >= 0.6 is 11.6 Å². The highest BCUT2D eigenvalue weighted by Crippen LogP contribution is 2.26. The molecule has 0 amide bonds. The van der Waals surface area contributed by atoms with E-state index in [1.807, 2.05) is 6.07 Å². The minimum atomic E-state index is 0.377. The zero-order chi connectivity index (χ0) is 10.7. The maximum Gasteiger partial charge on any atom is 0.0637 e. The largest absolute Gasteiger partial charge is 0.314 e. The van der Waals surface area contributed by atoms with Crippen LogP contribution in [0.15, 0.2) is 18.5 Å². The van der Waals surface area contributed by atoms with Crippen molar-refractivity contribution in [2.45, 2.75) is 13.0 Å². The first kappa shape index (κ1) is 10.9. The minimum absolute atomic E-state index is 0.377. The second-order valence-electron chi connectivity index (χ2n) is 3.86. The zero-order valence-corrected chi connectivity index (χ0v) is 9.67. The van der Waals surface area contributed by atoms with Crippen molar-refractivity contribution >= 4 is 11.6 Å². The van der Waals surface area contributed by atoms with E-state index in [0.29, 0.717) is 6.04 Å². The quantitative estimate of drug-likeness (QED) is 0.831. The van der Waals surface area contributed by atoms with E-state index >= 15 is 0 Å². The summed E-state index contributed by atoms with van der Waals surface area (Å²) in [5.41, 5.74) is 1.17. The van der Waals surface area contributed by atoms with E-state index in [0.717, 1.165) is 31.2 Å². The number of nitrogens with zero attached hydrogens (tertiary/aromatic N) is 2. The van der Waals surface area contributed by atoms with Gasteiger partial charge in [0.05, 0.1) is 5.02 Å². The van der Waals surface area contributed by atoms with Crippen LogP contribution < -0.4 is 5.32 Å². The van der Waals surface area contributed by atoms with Gasteiger partial charge >= 0.3 is 0 Å². The van der Waals surface area contributed by atoms with E-state index in [-0.39, 0.29) is 0 Å². The lowest BCUT2D eigenvalue weighted by molar-refractivity contribution is 0.185. The van der Waals surface area contributed by atoms with Gasteiger partial charge in [-0.3, -0.25) is 9.88 Å². The molecule has 1 atom stereocenters. The Bertz CT molecular complexity index is 323. The van der Waals surface area contributed by atoms with E-state index in [1.54, 1.807) is 12.4 Å². The fraction of sp³-hybridized carbons (Fsp3) is 0.545. The number of aromatic nitrogens is 1. The first-order valence-corrected chi connectivity index (χ1v) is 5.71. The Hall–Kier alpha value is -0.640. The van der Waals surface area contributed by atoms with Crippen LogP contribution in [0.3, 0.4) is 0 Å². The highest BCUT2D eigenvalue weighted by Gasteiger charge is 2.19. The van der Waals surface area contributed by atoms with Gasteiger partial charge in [-0.05, 0) is 18.6 Å². The van der Waals surface area contributed by atoms with Crippen LogP contribution in [-0.4, -0.2) is 36.1 Å². The molecule has 1 N–H and O–H groups in total. The maximum absolute atomic E-state index is 6.13. The molecule has 15 heavy (non-hydrogen) atoms. The summed E-state index contributed by atoms with van der Waals surface area (Å²) in [4.78, 5) is 6.45. The summed E-state index contributed by atoms with van der Waals surface area (Å²) < 4.78 is 0. The summed E-state index contributed by atoms with van der Waals surface area (Å²) in [6.07, 6.45) is 3.52. The zero-order valence-electron chi connectivity index (χ0n) is 8.91. The van der Waals surface area contributed by atoms with E-state index < -0.39 is 0 Å². The molecule has 1 fully saturated rings. The van der Waals surface area contributed by atoms with E-state index in [2.05, 4.69) is 22.1 Å². The van der Waals surface area contributed by atoms with Crippen molar-refractivity contribution < 1.29 is 0 Å². The first-order chi connectivity index (χ1) is 7.29. The molecule has 1 aliphatic rings. The number of hydrogen-bond donors (Lipinski definition) is 1. The predicted octanol–water partition coefficient (Wildman–Crippen LogP) is 1.70. The van der Waals surface area contributed by atoms with Gasteiger partial charge in [-0.2, -0.15) is 0 Å². The molecule has 3 nitrogen and oxygen atoms in total. The van der Waals surface area contributed by atoms with Crippen LogP contribution in [0.25, 0.3) is 0 Å². The molecule has 0 bridgehead atoms. The summed E-state index contributed by atoms with van der Waals surface area (Å²) in [5.74, 6) is 0. The molecule has 1 aliphatic heterocycles. The Morgan fingerprint density at radius 1 is 1.47 bits per heavy atom. The number of halogens is 1. The Morgan fingerprint density at radius 2 is 2.20 bits per heavy atom. The molecule has 1 aromatic heterocycles. The highest BCUT2D eigenvalue weighted by atomic mass is 35.5. The third-order valence-corrected chi connectivity index (χ3v) is 3.27. The van der Waals surface area contributed by atoms with Crippen LogP contribution in [0.4, 0.5) is 0 Å². The molecule has 4 heteroatoms. The molecule has 1 saturated heterocycles. The number of pyridine rings is 1. The molecule has 1 aromatic rings. The fourth-order valence-corrected chi connectivity index (χ4v) is 2.27. The van der Waals surface area contributed by atoms with Gasteiger partial charge in [0.15, 0.2) is 0 Å². The molecule has 2 rings (SSSR count). The molecular formula is C11H16ClN3. The van der Waals surface area contributed by atoms with E-state index in [9.17, 15) is 0 Å². The van der Waals surface area contributed by atoms with Crippen molar-refractivity contribution in [3.8, 4) is 0 Å². The predicted molar refractivity (Wildman–Crippen MR) is 62.1 cm³/mol. The summed E-state index contributed by atoms with van der Waals surface area (Å²) >= 11 is 6.13. The van der Waals surface area contributed by atoms with Crippen LogP contribution in [0.2, 0.25) is 5.02 Å². The lowest BCUT2D eigenvalue weighted by Crippen LogP contribution is -2.44. The minimum Gasteiger partial charge on any atom is -0.314 e. The van der Waals surface area contributed by atoms with Crippen LogP contribution in [0, 0.1) is 0 Å². The molecule has 82 valence electrons.